The van der Waals surface area contributed by atoms with Crippen molar-refractivity contribution < 1.29 is 23.7 Å². The minimum atomic E-state index is -0.436. The van der Waals surface area contributed by atoms with Crippen molar-refractivity contribution in [2.45, 2.75) is 65.3 Å². The first-order valence-corrected chi connectivity index (χ1v) is 8.13. The predicted molar refractivity (Wildman–Crippen MR) is 86.9 cm³/mol. The quantitative estimate of drug-likeness (QED) is 0.280. The highest BCUT2D eigenvalue weighted by Crippen LogP contribution is 2.02. The molecule has 5 heteroatoms. The molecule has 0 saturated carbocycles. The molecule has 0 aliphatic heterocycles. The molecule has 0 amide bonds. The van der Waals surface area contributed by atoms with Gasteiger partial charge in [-0.05, 0) is 27.2 Å². The standard InChI is InChI=1S/C17H32O5/c1-6-8-9-10-19-11-14(3)20-12-15(4)21-13-16(5)22-17(18)7-2/h7,14-16H,2,6,8-13H2,1,3-5H3. The lowest BCUT2D eigenvalue weighted by Crippen LogP contribution is -2.27. The van der Waals surface area contributed by atoms with Gasteiger partial charge >= 0.3 is 5.97 Å². The molecule has 3 unspecified atom stereocenters. The summed E-state index contributed by atoms with van der Waals surface area (Å²) in [7, 11) is 0. The van der Waals surface area contributed by atoms with Gasteiger partial charge in [0.1, 0.15) is 6.10 Å². The Kier molecular flexibility index (Phi) is 13.2. The molecule has 22 heavy (non-hydrogen) atoms. The molecule has 0 radical (unpaired) electrons. The largest absolute Gasteiger partial charge is 0.457 e. The van der Waals surface area contributed by atoms with Crippen LogP contribution in [0.2, 0.25) is 0 Å². The van der Waals surface area contributed by atoms with Crippen molar-refractivity contribution in [3.05, 3.63) is 12.7 Å². The highest BCUT2D eigenvalue weighted by molar-refractivity contribution is 5.81. The minimum absolute atomic E-state index is 0.0451. The summed E-state index contributed by atoms with van der Waals surface area (Å²) < 4.78 is 21.8. The highest BCUT2D eigenvalue weighted by atomic mass is 16.6. The van der Waals surface area contributed by atoms with Crippen LogP contribution in [0.1, 0.15) is 47.0 Å². The van der Waals surface area contributed by atoms with Gasteiger partial charge in [0, 0.05) is 12.7 Å². The van der Waals surface area contributed by atoms with Crippen molar-refractivity contribution in [2.24, 2.45) is 0 Å². The molecule has 0 spiro atoms. The number of hydrogen-bond acceptors (Lipinski definition) is 5. The van der Waals surface area contributed by atoms with Crippen molar-refractivity contribution in [2.75, 3.05) is 26.4 Å². The first kappa shape index (κ1) is 21.1. The summed E-state index contributed by atoms with van der Waals surface area (Å²) in [6.07, 6.45) is 4.33. The van der Waals surface area contributed by atoms with E-state index in [0.29, 0.717) is 19.8 Å². The van der Waals surface area contributed by atoms with Crippen molar-refractivity contribution in [3.8, 4) is 0 Å². The fraction of sp³-hybridized carbons (Fsp3) is 0.824. The number of carbonyl (C=O) groups is 1. The molecule has 3 atom stereocenters. The van der Waals surface area contributed by atoms with Gasteiger partial charge in [0.2, 0.25) is 0 Å². The van der Waals surface area contributed by atoms with Crippen molar-refractivity contribution in [1.29, 1.82) is 0 Å². The molecule has 0 heterocycles. The summed E-state index contributed by atoms with van der Waals surface area (Å²) in [5.74, 6) is -0.436. The summed E-state index contributed by atoms with van der Waals surface area (Å²) in [4.78, 5) is 11.0. The van der Waals surface area contributed by atoms with E-state index in [4.69, 9.17) is 18.9 Å². The van der Waals surface area contributed by atoms with Crippen molar-refractivity contribution in [1.82, 2.24) is 0 Å². The molecule has 0 rings (SSSR count). The van der Waals surface area contributed by atoms with Crippen LogP contribution in [-0.4, -0.2) is 50.7 Å². The van der Waals surface area contributed by atoms with Gasteiger partial charge in [-0.25, -0.2) is 4.79 Å². The van der Waals surface area contributed by atoms with Crippen LogP contribution < -0.4 is 0 Å². The first-order valence-electron chi connectivity index (χ1n) is 8.13. The van der Waals surface area contributed by atoms with E-state index in [-0.39, 0.29) is 18.3 Å². The second kappa shape index (κ2) is 13.7. The molecule has 0 fully saturated rings. The molecule has 130 valence electrons. The van der Waals surface area contributed by atoms with Crippen LogP contribution in [0.3, 0.4) is 0 Å². The number of esters is 1. The number of rotatable bonds is 14. The second-order valence-corrected chi connectivity index (χ2v) is 5.52. The Morgan fingerprint density at radius 3 is 2.18 bits per heavy atom. The van der Waals surface area contributed by atoms with Gasteiger partial charge in [-0.1, -0.05) is 26.3 Å². The van der Waals surface area contributed by atoms with Crippen molar-refractivity contribution >= 4 is 5.97 Å². The van der Waals surface area contributed by atoms with Gasteiger partial charge in [0.25, 0.3) is 0 Å². The van der Waals surface area contributed by atoms with Gasteiger partial charge in [-0.15, -0.1) is 0 Å². The maximum Gasteiger partial charge on any atom is 0.330 e. The zero-order valence-corrected chi connectivity index (χ0v) is 14.5. The van der Waals surface area contributed by atoms with Gasteiger partial charge in [-0.3, -0.25) is 0 Å². The third-order valence-electron chi connectivity index (χ3n) is 2.96. The van der Waals surface area contributed by atoms with E-state index < -0.39 is 5.97 Å². The molecule has 0 bridgehead atoms. The maximum atomic E-state index is 11.0. The molecule has 0 aromatic heterocycles. The molecular weight excluding hydrogens is 284 g/mol. The molecular formula is C17H32O5. The lowest BCUT2D eigenvalue weighted by molar-refractivity contribution is -0.147. The molecule has 0 saturated heterocycles. The summed E-state index contributed by atoms with van der Waals surface area (Å²) in [5, 5.41) is 0. The Morgan fingerprint density at radius 1 is 1.00 bits per heavy atom. The van der Waals surface area contributed by atoms with Gasteiger partial charge in [0.15, 0.2) is 0 Å². The molecule has 0 aromatic rings. The van der Waals surface area contributed by atoms with Crippen LogP contribution in [-0.2, 0) is 23.7 Å². The Balaban J connectivity index is 3.60. The van der Waals surface area contributed by atoms with Crippen LogP contribution in [0.15, 0.2) is 12.7 Å². The summed E-state index contributed by atoms with van der Waals surface area (Å²) in [6, 6.07) is 0. The zero-order chi connectivity index (χ0) is 16.8. The number of carbonyl (C=O) groups excluding carboxylic acids is 1. The summed E-state index contributed by atoms with van der Waals surface area (Å²) in [5.41, 5.74) is 0. The van der Waals surface area contributed by atoms with Crippen LogP contribution in [0.4, 0.5) is 0 Å². The number of unbranched alkanes of at least 4 members (excludes halogenated alkanes) is 2. The Labute approximate surface area is 135 Å². The van der Waals surface area contributed by atoms with E-state index in [2.05, 4.69) is 13.5 Å². The van der Waals surface area contributed by atoms with Crippen LogP contribution in [0.25, 0.3) is 0 Å². The van der Waals surface area contributed by atoms with E-state index in [0.717, 1.165) is 19.1 Å². The lowest BCUT2D eigenvalue weighted by atomic mass is 10.3. The average Bonchev–Trinajstić information content (AvgIpc) is 2.50. The lowest BCUT2D eigenvalue weighted by Gasteiger charge is -2.19. The van der Waals surface area contributed by atoms with Gasteiger partial charge in [0.05, 0.1) is 32.0 Å². The first-order chi connectivity index (χ1) is 10.5. The highest BCUT2D eigenvalue weighted by Gasteiger charge is 2.11. The Morgan fingerprint density at radius 2 is 1.59 bits per heavy atom. The van der Waals surface area contributed by atoms with E-state index in [9.17, 15) is 4.79 Å². The molecule has 0 aliphatic rings. The molecule has 5 nitrogen and oxygen atoms in total. The monoisotopic (exact) mass is 316 g/mol. The van der Waals surface area contributed by atoms with E-state index in [1.807, 2.05) is 13.8 Å². The van der Waals surface area contributed by atoms with Gasteiger partial charge < -0.3 is 18.9 Å². The molecule has 0 aromatic carbocycles. The zero-order valence-electron chi connectivity index (χ0n) is 14.5. The predicted octanol–water partition coefficient (Wildman–Crippen LogP) is 3.12. The topological polar surface area (TPSA) is 54.0 Å². The van der Waals surface area contributed by atoms with Crippen LogP contribution >= 0.6 is 0 Å². The normalized spacial score (nSPS) is 15.1. The average molecular weight is 316 g/mol. The van der Waals surface area contributed by atoms with Crippen molar-refractivity contribution in [3.63, 3.8) is 0 Å². The second-order valence-electron chi connectivity index (χ2n) is 5.52. The van der Waals surface area contributed by atoms with Crippen LogP contribution in [0.5, 0.6) is 0 Å². The minimum Gasteiger partial charge on any atom is -0.457 e. The van der Waals surface area contributed by atoms with E-state index in [1.165, 1.54) is 12.8 Å². The van der Waals surface area contributed by atoms with E-state index in [1.54, 1.807) is 6.92 Å². The van der Waals surface area contributed by atoms with E-state index >= 15 is 0 Å². The number of ether oxygens (including phenoxy) is 4. The third kappa shape index (κ3) is 12.8. The molecule has 0 aliphatic carbocycles. The fourth-order valence-corrected chi connectivity index (χ4v) is 1.68. The summed E-state index contributed by atoms with van der Waals surface area (Å²) in [6.45, 7) is 13.4. The third-order valence-corrected chi connectivity index (χ3v) is 2.96. The molecule has 0 N–H and O–H groups in total. The Hall–Kier alpha value is -0.910. The Bertz CT molecular complexity index is 293. The SMILES string of the molecule is C=CC(=O)OC(C)COC(C)COC(C)COCCCCC. The smallest absolute Gasteiger partial charge is 0.330 e. The van der Waals surface area contributed by atoms with Gasteiger partial charge in [-0.2, -0.15) is 0 Å². The summed E-state index contributed by atoms with van der Waals surface area (Å²) >= 11 is 0. The number of hydrogen-bond donors (Lipinski definition) is 0. The fourth-order valence-electron chi connectivity index (χ4n) is 1.68. The van der Waals surface area contributed by atoms with Crippen LogP contribution in [0, 0.1) is 0 Å². The maximum absolute atomic E-state index is 11.0.